The molecule has 0 saturated heterocycles. The van der Waals surface area contributed by atoms with Crippen LogP contribution in [0.25, 0.3) is 0 Å². The summed E-state index contributed by atoms with van der Waals surface area (Å²) in [6, 6.07) is 16.9. The highest BCUT2D eigenvalue weighted by atomic mass is 35.5. The second-order valence-corrected chi connectivity index (χ2v) is 5.54. The Morgan fingerprint density at radius 1 is 1.19 bits per heavy atom. The van der Waals surface area contributed by atoms with E-state index in [9.17, 15) is 4.79 Å². The molecule has 0 amide bonds. The quantitative estimate of drug-likeness (QED) is 0.314. The van der Waals surface area contributed by atoms with Gasteiger partial charge in [-0.2, -0.15) is 0 Å². The monoisotopic (exact) mass is 373 g/mol. The maximum atomic E-state index is 10.8. The topological polar surface area (TPSA) is 94.6 Å². The van der Waals surface area contributed by atoms with Gasteiger partial charge in [-0.05, 0) is 12.0 Å². The molecule has 0 saturated carbocycles. The Morgan fingerprint density at radius 2 is 1.85 bits per heavy atom. The number of carbonyl (C=O) groups is 1. The van der Waals surface area contributed by atoms with Crippen molar-refractivity contribution in [3.63, 3.8) is 0 Å². The van der Waals surface area contributed by atoms with Gasteiger partial charge in [-0.15, -0.1) is 12.4 Å². The van der Waals surface area contributed by atoms with Gasteiger partial charge >= 0.3 is 0 Å². The van der Waals surface area contributed by atoms with Crippen LogP contribution in [0.15, 0.2) is 59.6 Å². The first-order chi connectivity index (χ1) is 12.1. The fraction of sp³-hybridized carbons (Fsp3) is 0.211. The molecule has 0 radical (unpaired) electrons. The molecule has 6 nitrogen and oxygen atoms in total. The van der Waals surface area contributed by atoms with E-state index < -0.39 is 0 Å². The van der Waals surface area contributed by atoms with Crippen molar-refractivity contribution in [1.29, 1.82) is 5.41 Å². The van der Waals surface area contributed by atoms with E-state index in [1.54, 1.807) is 12.1 Å². The number of carbonyl (C=O) groups excluding carboxylic acids is 1. The van der Waals surface area contributed by atoms with E-state index in [4.69, 9.17) is 11.1 Å². The molecule has 26 heavy (non-hydrogen) atoms. The lowest BCUT2D eigenvalue weighted by atomic mass is 10.1. The van der Waals surface area contributed by atoms with Gasteiger partial charge in [-0.25, -0.2) is 0 Å². The number of amidine groups is 1. The summed E-state index contributed by atoms with van der Waals surface area (Å²) in [6.07, 6.45) is 1.70. The smallest absolute Gasteiger partial charge is 0.207 e. The number of nitrogens with two attached hydrogens (primary N) is 1. The molecule has 2 aromatic carbocycles. The second kappa shape index (κ2) is 10.9. The average molecular weight is 374 g/mol. The molecule has 2 rings (SSSR count). The fourth-order valence-electron chi connectivity index (χ4n) is 2.21. The molecule has 4 N–H and O–H groups in total. The molecule has 7 heteroatoms. The summed E-state index contributed by atoms with van der Waals surface area (Å²) in [4.78, 5) is 15.4. The van der Waals surface area contributed by atoms with Crippen molar-refractivity contribution < 1.29 is 4.79 Å². The van der Waals surface area contributed by atoms with Gasteiger partial charge in [0.25, 0.3) is 0 Å². The Kier molecular flexibility index (Phi) is 8.87. The average Bonchev–Trinajstić information content (AvgIpc) is 2.65. The summed E-state index contributed by atoms with van der Waals surface area (Å²) in [5, 5.41) is 9.38. The van der Waals surface area contributed by atoms with Crippen LogP contribution in [-0.2, 0) is 6.54 Å². The lowest BCUT2D eigenvalue weighted by molar-refractivity contribution is 0.112. The van der Waals surface area contributed by atoms with Gasteiger partial charge in [0.1, 0.15) is 12.1 Å². The van der Waals surface area contributed by atoms with E-state index in [0.29, 0.717) is 24.5 Å². The summed E-state index contributed by atoms with van der Waals surface area (Å²) in [5.41, 5.74) is 11.3. The zero-order valence-corrected chi connectivity index (χ0v) is 15.5. The molecule has 0 aliphatic carbocycles. The number of benzene rings is 2. The SMILES string of the molecule is CCCN=C(NN(Cc1ccccc1)C(=N)N)c1ccc(C=O)cc1.Cl. The Morgan fingerprint density at radius 3 is 2.38 bits per heavy atom. The Labute approximate surface area is 160 Å². The molecular weight excluding hydrogens is 350 g/mol. The van der Waals surface area contributed by atoms with Crippen molar-refractivity contribution in [1.82, 2.24) is 10.4 Å². The standard InChI is InChI=1S/C19H23N5O.ClH/c1-2-12-22-18(17-10-8-16(14-25)9-11-17)23-24(19(20)21)13-15-6-4-3-5-7-15;/h3-11,14H,2,12-13H2,1H3,(H3,20,21)(H,22,23);1H. The zero-order valence-electron chi connectivity index (χ0n) is 14.7. The minimum atomic E-state index is -0.0995. The summed E-state index contributed by atoms with van der Waals surface area (Å²) in [5.74, 6) is 0.517. The highest BCUT2D eigenvalue weighted by Gasteiger charge is 2.12. The van der Waals surface area contributed by atoms with Crippen LogP contribution < -0.4 is 11.2 Å². The minimum absolute atomic E-state index is 0. The first-order valence-corrected chi connectivity index (χ1v) is 8.16. The van der Waals surface area contributed by atoms with E-state index >= 15 is 0 Å². The normalized spacial score (nSPS) is 10.6. The molecule has 2 aromatic rings. The van der Waals surface area contributed by atoms with Crippen LogP contribution in [0.5, 0.6) is 0 Å². The number of hydrogen-bond donors (Lipinski definition) is 3. The van der Waals surface area contributed by atoms with Crippen molar-refractivity contribution >= 4 is 30.5 Å². The molecule has 0 bridgehead atoms. The molecular formula is C19H24ClN5O. The number of aliphatic imine (C=N–C) groups is 1. The fourth-order valence-corrected chi connectivity index (χ4v) is 2.21. The number of hydrazine groups is 1. The maximum Gasteiger partial charge on any atom is 0.207 e. The van der Waals surface area contributed by atoms with Crippen molar-refractivity contribution in [2.24, 2.45) is 10.7 Å². The minimum Gasteiger partial charge on any atom is -0.369 e. The Balaban J connectivity index is 0.00000338. The number of nitrogens with one attached hydrogen (secondary N) is 2. The molecule has 0 aliphatic rings. The van der Waals surface area contributed by atoms with Gasteiger partial charge in [-0.1, -0.05) is 61.5 Å². The van der Waals surface area contributed by atoms with Crippen LogP contribution in [-0.4, -0.2) is 29.6 Å². The summed E-state index contributed by atoms with van der Waals surface area (Å²) in [7, 11) is 0. The summed E-state index contributed by atoms with van der Waals surface area (Å²) in [6.45, 7) is 3.13. The van der Waals surface area contributed by atoms with Gasteiger partial charge in [-0.3, -0.25) is 25.6 Å². The first kappa shape index (κ1) is 21.2. The van der Waals surface area contributed by atoms with Crippen molar-refractivity contribution in [2.45, 2.75) is 19.9 Å². The van der Waals surface area contributed by atoms with Gasteiger partial charge in [0, 0.05) is 17.7 Å². The molecule has 0 fully saturated rings. The van der Waals surface area contributed by atoms with Crippen LogP contribution in [0.3, 0.4) is 0 Å². The van der Waals surface area contributed by atoms with E-state index in [0.717, 1.165) is 23.8 Å². The highest BCUT2D eigenvalue weighted by Crippen LogP contribution is 2.07. The van der Waals surface area contributed by atoms with Gasteiger partial charge in [0.05, 0.1) is 6.54 Å². The number of aldehydes is 1. The van der Waals surface area contributed by atoms with Crippen LogP contribution in [0.1, 0.15) is 34.8 Å². The van der Waals surface area contributed by atoms with E-state index in [-0.39, 0.29) is 18.4 Å². The third-order valence-electron chi connectivity index (χ3n) is 3.53. The molecule has 0 atom stereocenters. The van der Waals surface area contributed by atoms with Crippen molar-refractivity contribution in [3.8, 4) is 0 Å². The molecule has 138 valence electrons. The lowest BCUT2D eigenvalue weighted by Crippen LogP contribution is -2.49. The second-order valence-electron chi connectivity index (χ2n) is 5.54. The number of rotatable bonds is 6. The number of nitrogens with zero attached hydrogens (tertiary/aromatic N) is 2. The summed E-state index contributed by atoms with van der Waals surface area (Å²) >= 11 is 0. The molecule has 0 spiro atoms. The summed E-state index contributed by atoms with van der Waals surface area (Å²) < 4.78 is 0. The largest absolute Gasteiger partial charge is 0.369 e. The van der Waals surface area contributed by atoms with E-state index in [1.807, 2.05) is 49.4 Å². The molecule has 0 aliphatic heterocycles. The van der Waals surface area contributed by atoms with Crippen LogP contribution in [0.4, 0.5) is 0 Å². The molecule has 0 heterocycles. The maximum absolute atomic E-state index is 10.8. The first-order valence-electron chi connectivity index (χ1n) is 8.16. The predicted molar refractivity (Wildman–Crippen MR) is 108 cm³/mol. The van der Waals surface area contributed by atoms with Crippen LogP contribution in [0, 0.1) is 5.41 Å². The van der Waals surface area contributed by atoms with E-state index in [1.165, 1.54) is 5.01 Å². The third-order valence-corrected chi connectivity index (χ3v) is 3.53. The lowest BCUT2D eigenvalue weighted by Gasteiger charge is -2.25. The van der Waals surface area contributed by atoms with Crippen molar-refractivity contribution in [3.05, 3.63) is 71.3 Å². The third kappa shape index (κ3) is 6.22. The van der Waals surface area contributed by atoms with Gasteiger partial charge in [0.2, 0.25) is 5.96 Å². The zero-order chi connectivity index (χ0) is 18.1. The van der Waals surface area contributed by atoms with Gasteiger partial charge in [0.15, 0.2) is 0 Å². The number of hydrogen-bond acceptors (Lipinski definition) is 3. The van der Waals surface area contributed by atoms with Gasteiger partial charge < -0.3 is 5.73 Å². The Hall–Kier alpha value is -2.86. The van der Waals surface area contributed by atoms with Crippen LogP contribution in [0.2, 0.25) is 0 Å². The Bertz CT molecular complexity index is 731. The van der Waals surface area contributed by atoms with E-state index in [2.05, 4.69) is 10.4 Å². The predicted octanol–water partition coefficient (Wildman–Crippen LogP) is 2.98. The molecule has 0 aromatic heterocycles. The number of halogens is 1. The van der Waals surface area contributed by atoms with Crippen molar-refractivity contribution in [2.75, 3.05) is 6.54 Å². The van der Waals surface area contributed by atoms with Crippen LogP contribution >= 0.6 is 12.4 Å². The molecule has 0 unspecified atom stereocenters. The number of guanidine groups is 1. The highest BCUT2D eigenvalue weighted by molar-refractivity contribution is 6.00.